The van der Waals surface area contributed by atoms with Crippen molar-refractivity contribution in [2.24, 2.45) is 0 Å². The Labute approximate surface area is 130 Å². The molecule has 1 unspecified atom stereocenters. The number of ether oxygens (including phenoxy) is 3. The normalized spacial score (nSPS) is 21.0. The maximum atomic E-state index is 6.15. The molecule has 2 aliphatic rings. The molecule has 0 amide bonds. The summed E-state index contributed by atoms with van der Waals surface area (Å²) in [4.78, 5) is 9.03. The predicted molar refractivity (Wildman–Crippen MR) is 83.3 cm³/mol. The molecule has 1 atom stereocenters. The Kier molecular flexibility index (Phi) is 4.94. The van der Waals surface area contributed by atoms with E-state index in [1.807, 2.05) is 0 Å². The van der Waals surface area contributed by atoms with Crippen LogP contribution in [-0.4, -0.2) is 49.5 Å². The number of nitrogens with two attached hydrogens (primary N) is 1. The summed E-state index contributed by atoms with van der Waals surface area (Å²) >= 11 is 0. The smallest absolute Gasteiger partial charge is 0.242 e. The van der Waals surface area contributed by atoms with E-state index < -0.39 is 0 Å². The molecule has 2 fully saturated rings. The highest BCUT2D eigenvalue weighted by Gasteiger charge is 2.29. The van der Waals surface area contributed by atoms with E-state index in [2.05, 4.69) is 15.3 Å². The van der Waals surface area contributed by atoms with Gasteiger partial charge in [-0.15, -0.1) is 0 Å². The Morgan fingerprint density at radius 3 is 2.82 bits per heavy atom. The van der Waals surface area contributed by atoms with Crippen molar-refractivity contribution in [1.29, 1.82) is 0 Å². The summed E-state index contributed by atoms with van der Waals surface area (Å²) < 4.78 is 16.3. The second kappa shape index (κ2) is 7.11. The minimum Gasteiger partial charge on any atom is -0.474 e. The molecule has 0 spiro atoms. The van der Waals surface area contributed by atoms with Crippen LogP contribution in [0.2, 0.25) is 0 Å². The topological polar surface area (TPSA) is 91.5 Å². The van der Waals surface area contributed by atoms with E-state index >= 15 is 0 Å². The third-order valence-corrected chi connectivity index (χ3v) is 3.92. The van der Waals surface area contributed by atoms with Gasteiger partial charge in [0.15, 0.2) is 5.82 Å². The van der Waals surface area contributed by atoms with Crippen molar-refractivity contribution in [2.75, 3.05) is 44.5 Å². The van der Waals surface area contributed by atoms with Crippen molar-refractivity contribution in [3.63, 3.8) is 0 Å². The average Bonchev–Trinajstić information content (AvgIpc) is 3.24. The van der Waals surface area contributed by atoms with Crippen LogP contribution in [0.15, 0.2) is 0 Å². The Balaban J connectivity index is 1.71. The first-order valence-corrected chi connectivity index (χ1v) is 7.92. The highest BCUT2D eigenvalue weighted by Crippen LogP contribution is 2.40. The average molecular weight is 308 g/mol. The minimum absolute atomic E-state index is 0.233. The Hall–Kier alpha value is -1.60. The molecule has 1 aromatic rings. The van der Waals surface area contributed by atoms with Crippen LogP contribution in [0.25, 0.3) is 0 Å². The molecule has 22 heavy (non-hydrogen) atoms. The first-order valence-electron chi connectivity index (χ1n) is 7.92. The third kappa shape index (κ3) is 3.78. The van der Waals surface area contributed by atoms with Gasteiger partial charge in [-0.05, 0) is 25.7 Å². The number of nitrogen functional groups attached to an aromatic ring is 1. The lowest BCUT2D eigenvalue weighted by atomic mass is 10.2. The lowest BCUT2D eigenvalue weighted by Crippen LogP contribution is -2.20. The molecular formula is C15H24N4O3. The largest absolute Gasteiger partial charge is 0.474 e. The van der Waals surface area contributed by atoms with Crippen LogP contribution in [0.1, 0.15) is 37.4 Å². The number of nitrogens with one attached hydrogen (secondary N) is 1. The van der Waals surface area contributed by atoms with Crippen LogP contribution in [0.4, 0.5) is 11.5 Å². The van der Waals surface area contributed by atoms with Gasteiger partial charge in [-0.25, -0.2) is 4.98 Å². The van der Waals surface area contributed by atoms with E-state index in [-0.39, 0.29) is 6.10 Å². The number of hydrogen-bond acceptors (Lipinski definition) is 7. The molecule has 1 aromatic heterocycles. The molecule has 7 heteroatoms. The fraction of sp³-hybridized carbons (Fsp3) is 0.733. The van der Waals surface area contributed by atoms with Crippen molar-refractivity contribution in [3.8, 4) is 5.88 Å². The van der Waals surface area contributed by atoms with Gasteiger partial charge in [0.05, 0.1) is 12.7 Å². The highest BCUT2D eigenvalue weighted by molar-refractivity contribution is 5.67. The molecule has 0 bridgehead atoms. The van der Waals surface area contributed by atoms with Crippen LogP contribution in [0.5, 0.6) is 5.88 Å². The van der Waals surface area contributed by atoms with Gasteiger partial charge in [-0.1, -0.05) is 0 Å². The molecular weight excluding hydrogens is 284 g/mol. The van der Waals surface area contributed by atoms with E-state index in [0.29, 0.717) is 43.1 Å². The van der Waals surface area contributed by atoms with E-state index in [4.69, 9.17) is 19.9 Å². The van der Waals surface area contributed by atoms with E-state index in [1.165, 1.54) is 0 Å². The summed E-state index contributed by atoms with van der Waals surface area (Å²) in [5.74, 6) is 2.36. The summed E-state index contributed by atoms with van der Waals surface area (Å²) in [6, 6.07) is 0. The van der Waals surface area contributed by atoms with Crippen LogP contribution in [0, 0.1) is 0 Å². The van der Waals surface area contributed by atoms with Gasteiger partial charge in [-0.3, -0.25) is 0 Å². The second-order valence-corrected chi connectivity index (χ2v) is 5.78. The summed E-state index contributed by atoms with van der Waals surface area (Å²) in [6.07, 6.45) is 4.69. The van der Waals surface area contributed by atoms with E-state index in [1.54, 1.807) is 7.11 Å². The zero-order valence-electron chi connectivity index (χ0n) is 13.0. The number of rotatable bonds is 8. The Bertz CT molecular complexity index is 502. The highest BCUT2D eigenvalue weighted by atomic mass is 16.5. The Morgan fingerprint density at radius 1 is 1.27 bits per heavy atom. The van der Waals surface area contributed by atoms with Gasteiger partial charge in [-0.2, -0.15) is 4.98 Å². The first kappa shape index (κ1) is 15.3. The van der Waals surface area contributed by atoms with Gasteiger partial charge < -0.3 is 25.3 Å². The fourth-order valence-electron chi connectivity index (χ4n) is 2.47. The minimum atomic E-state index is 0.233. The van der Waals surface area contributed by atoms with Gasteiger partial charge in [0, 0.05) is 26.2 Å². The number of anilines is 2. The summed E-state index contributed by atoms with van der Waals surface area (Å²) in [6.45, 7) is 2.47. The summed E-state index contributed by atoms with van der Waals surface area (Å²) in [5, 5.41) is 3.30. The van der Waals surface area contributed by atoms with E-state index in [0.717, 1.165) is 38.1 Å². The molecule has 1 aliphatic carbocycles. The number of methoxy groups -OCH3 is 1. The quantitative estimate of drug-likeness (QED) is 0.704. The zero-order chi connectivity index (χ0) is 15.4. The van der Waals surface area contributed by atoms with Crippen LogP contribution >= 0.6 is 0 Å². The summed E-state index contributed by atoms with van der Waals surface area (Å²) in [5.41, 5.74) is 6.60. The molecule has 3 N–H and O–H groups in total. The molecule has 1 saturated carbocycles. The maximum Gasteiger partial charge on any atom is 0.242 e. The zero-order valence-corrected chi connectivity index (χ0v) is 13.0. The molecule has 3 rings (SSSR count). The van der Waals surface area contributed by atoms with Crippen molar-refractivity contribution >= 4 is 11.5 Å². The molecule has 2 heterocycles. The second-order valence-electron chi connectivity index (χ2n) is 5.78. The number of nitrogens with zero attached hydrogens (tertiary/aromatic N) is 2. The number of hydrogen-bond donors (Lipinski definition) is 2. The first-order chi connectivity index (χ1) is 10.8. The van der Waals surface area contributed by atoms with Crippen molar-refractivity contribution in [3.05, 3.63) is 5.82 Å². The standard InChI is InChI=1S/C15H24N4O3/c1-20-7-8-22-15-12(16)14(17-9-11-3-2-6-21-11)18-13(19-15)10-4-5-10/h10-11H,2-9,16H2,1H3,(H,17,18,19). The molecule has 1 aliphatic heterocycles. The monoisotopic (exact) mass is 308 g/mol. The Morgan fingerprint density at radius 2 is 2.14 bits per heavy atom. The maximum absolute atomic E-state index is 6.15. The van der Waals surface area contributed by atoms with Crippen molar-refractivity contribution in [2.45, 2.75) is 37.7 Å². The lowest BCUT2D eigenvalue weighted by Gasteiger charge is -2.16. The lowest BCUT2D eigenvalue weighted by molar-refractivity contribution is 0.120. The van der Waals surface area contributed by atoms with Gasteiger partial charge >= 0.3 is 0 Å². The van der Waals surface area contributed by atoms with Gasteiger partial charge in [0.25, 0.3) is 0 Å². The third-order valence-electron chi connectivity index (χ3n) is 3.92. The van der Waals surface area contributed by atoms with Gasteiger partial charge in [0.1, 0.15) is 18.1 Å². The predicted octanol–water partition coefficient (Wildman–Crippen LogP) is 1.55. The van der Waals surface area contributed by atoms with Crippen molar-refractivity contribution in [1.82, 2.24) is 9.97 Å². The van der Waals surface area contributed by atoms with Gasteiger partial charge in [0.2, 0.25) is 5.88 Å². The molecule has 0 aromatic carbocycles. The fourth-order valence-corrected chi connectivity index (χ4v) is 2.47. The number of aromatic nitrogens is 2. The molecule has 0 radical (unpaired) electrons. The molecule has 122 valence electrons. The van der Waals surface area contributed by atoms with Crippen LogP contribution < -0.4 is 15.8 Å². The molecule has 1 saturated heterocycles. The van der Waals surface area contributed by atoms with Crippen LogP contribution in [-0.2, 0) is 9.47 Å². The molecule has 7 nitrogen and oxygen atoms in total. The SMILES string of the molecule is COCCOc1nc(C2CC2)nc(NCC2CCCO2)c1N. The summed E-state index contributed by atoms with van der Waals surface area (Å²) in [7, 11) is 1.64. The van der Waals surface area contributed by atoms with Crippen LogP contribution in [0.3, 0.4) is 0 Å². The van der Waals surface area contributed by atoms with Crippen molar-refractivity contribution < 1.29 is 14.2 Å². The van der Waals surface area contributed by atoms with E-state index in [9.17, 15) is 0 Å².